The Bertz CT molecular complexity index is 1380. The summed E-state index contributed by atoms with van der Waals surface area (Å²) < 4.78 is 13.5. The van der Waals surface area contributed by atoms with Crippen molar-refractivity contribution in [1.82, 2.24) is 19.5 Å². The predicted octanol–water partition coefficient (Wildman–Crippen LogP) is 6.35. The average Bonchev–Trinajstić information content (AvgIpc) is 3.54. The van der Waals surface area contributed by atoms with E-state index in [1.807, 2.05) is 86.1 Å². The van der Waals surface area contributed by atoms with Gasteiger partial charge in [-0.3, -0.25) is 0 Å². The molecule has 1 aliphatic rings. The SMILES string of the molecule is C[C@@H](Nc1ccc2ncc(-c3ccc(OC[C@@H]4CCCN4C(=O)OC(C)(C)C)cc3)n2n1)c1ccccc1. The smallest absolute Gasteiger partial charge is 0.410 e. The molecule has 2 aromatic carbocycles. The molecule has 8 nitrogen and oxygen atoms in total. The number of nitrogens with zero attached hydrogens (tertiary/aromatic N) is 4. The van der Waals surface area contributed by atoms with E-state index in [4.69, 9.17) is 14.6 Å². The summed E-state index contributed by atoms with van der Waals surface area (Å²) in [5, 5.41) is 8.28. The molecule has 0 radical (unpaired) electrons. The molecule has 1 saturated heterocycles. The Hall–Kier alpha value is -4.07. The van der Waals surface area contributed by atoms with Gasteiger partial charge >= 0.3 is 6.09 Å². The van der Waals surface area contributed by atoms with E-state index in [0.717, 1.165) is 41.3 Å². The minimum atomic E-state index is -0.509. The lowest BCUT2D eigenvalue weighted by molar-refractivity contribution is 0.0187. The van der Waals surface area contributed by atoms with Crippen LogP contribution in [0.5, 0.6) is 5.75 Å². The fourth-order valence-electron chi connectivity index (χ4n) is 4.68. The maximum atomic E-state index is 12.6. The van der Waals surface area contributed by atoms with Crippen molar-refractivity contribution in [2.24, 2.45) is 0 Å². The molecule has 198 valence electrons. The van der Waals surface area contributed by atoms with Crippen LogP contribution in [0.15, 0.2) is 72.9 Å². The van der Waals surface area contributed by atoms with Gasteiger partial charge in [-0.15, -0.1) is 5.10 Å². The molecule has 5 rings (SSSR count). The Morgan fingerprint density at radius 2 is 1.84 bits per heavy atom. The molecule has 3 heterocycles. The van der Waals surface area contributed by atoms with E-state index < -0.39 is 5.60 Å². The Labute approximate surface area is 223 Å². The van der Waals surface area contributed by atoms with Crippen LogP contribution in [0.1, 0.15) is 52.1 Å². The van der Waals surface area contributed by atoms with Crippen molar-refractivity contribution >= 4 is 17.6 Å². The first-order chi connectivity index (χ1) is 18.3. The molecule has 0 unspecified atom stereocenters. The highest BCUT2D eigenvalue weighted by molar-refractivity contribution is 5.69. The molecule has 4 aromatic rings. The van der Waals surface area contributed by atoms with Gasteiger partial charge in [-0.25, -0.2) is 14.3 Å². The number of imidazole rings is 1. The van der Waals surface area contributed by atoms with Crippen LogP contribution in [0.3, 0.4) is 0 Å². The maximum absolute atomic E-state index is 12.6. The quantitative estimate of drug-likeness (QED) is 0.310. The maximum Gasteiger partial charge on any atom is 0.410 e. The standard InChI is InChI=1S/C30H35N5O3/c1-21(22-9-6-5-7-10-22)32-27-16-17-28-31-19-26(35(28)33-27)23-12-14-25(15-13-23)37-20-24-11-8-18-34(24)29(36)38-30(2,3)4/h5-7,9-10,12-17,19,21,24H,8,11,18,20H2,1-4H3,(H,32,33)/t21-,24+/m1/s1. The van der Waals surface area contributed by atoms with Gasteiger partial charge in [0, 0.05) is 18.2 Å². The van der Waals surface area contributed by atoms with Crippen LogP contribution in [-0.2, 0) is 4.74 Å². The van der Waals surface area contributed by atoms with Crippen molar-refractivity contribution in [3.8, 4) is 17.0 Å². The number of nitrogens with one attached hydrogen (secondary N) is 1. The summed E-state index contributed by atoms with van der Waals surface area (Å²) in [4.78, 5) is 18.9. The monoisotopic (exact) mass is 513 g/mol. The van der Waals surface area contributed by atoms with Crippen molar-refractivity contribution in [2.75, 3.05) is 18.5 Å². The lowest BCUT2D eigenvalue weighted by atomic mass is 10.1. The Kier molecular flexibility index (Phi) is 7.22. The second-order valence-electron chi connectivity index (χ2n) is 10.7. The predicted molar refractivity (Wildman–Crippen MR) is 148 cm³/mol. The summed E-state index contributed by atoms with van der Waals surface area (Å²) in [5.41, 5.74) is 3.35. The van der Waals surface area contributed by atoms with Gasteiger partial charge < -0.3 is 19.7 Å². The molecule has 0 aliphatic carbocycles. The largest absolute Gasteiger partial charge is 0.491 e. The van der Waals surface area contributed by atoms with Gasteiger partial charge in [0.25, 0.3) is 0 Å². The van der Waals surface area contributed by atoms with E-state index in [9.17, 15) is 4.79 Å². The first kappa shape index (κ1) is 25.6. The first-order valence-corrected chi connectivity index (χ1v) is 13.2. The summed E-state index contributed by atoms with van der Waals surface area (Å²) in [6, 6.07) is 22.2. The molecule has 1 N–H and O–H groups in total. The minimum Gasteiger partial charge on any atom is -0.491 e. The highest BCUT2D eigenvalue weighted by Crippen LogP contribution is 2.26. The van der Waals surface area contributed by atoms with Gasteiger partial charge in [0.1, 0.15) is 23.8 Å². The van der Waals surface area contributed by atoms with E-state index in [1.165, 1.54) is 5.56 Å². The molecule has 0 bridgehead atoms. The zero-order valence-corrected chi connectivity index (χ0v) is 22.4. The number of benzene rings is 2. The third kappa shape index (κ3) is 5.90. The molecule has 1 fully saturated rings. The van der Waals surface area contributed by atoms with Crippen molar-refractivity contribution in [3.05, 3.63) is 78.5 Å². The zero-order valence-electron chi connectivity index (χ0n) is 22.4. The highest BCUT2D eigenvalue weighted by atomic mass is 16.6. The summed E-state index contributed by atoms with van der Waals surface area (Å²) >= 11 is 0. The number of ether oxygens (including phenoxy) is 2. The molecule has 8 heteroatoms. The Morgan fingerprint density at radius 3 is 2.58 bits per heavy atom. The van der Waals surface area contributed by atoms with Gasteiger partial charge in [-0.05, 0) is 82.5 Å². The molecule has 0 spiro atoms. The highest BCUT2D eigenvalue weighted by Gasteiger charge is 2.32. The third-order valence-corrected chi connectivity index (χ3v) is 6.62. The van der Waals surface area contributed by atoms with Crippen LogP contribution in [0, 0.1) is 0 Å². The summed E-state index contributed by atoms with van der Waals surface area (Å²) in [6.45, 7) is 8.91. The molecule has 1 aliphatic heterocycles. The van der Waals surface area contributed by atoms with Gasteiger partial charge in [-0.2, -0.15) is 0 Å². The fourth-order valence-corrected chi connectivity index (χ4v) is 4.68. The molecular weight excluding hydrogens is 478 g/mol. The van der Waals surface area contributed by atoms with E-state index in [2.05, 4.69) is 29.4 Å². The number of rotatable bonds is 7. The van der Waals surface area contributed by atoms with Crippen LogP contribution >= 0.6 is 0 Å². The number of hydrogen-bond donors (Lipinski definition) is 1. The number of aromatic nitrogens is 3. The molecule has 38 heavy (non-hydrogen) atoms. The molecule has 2 aromatic heterocycles. The van der Waals surface area contributed by atoms with Crippen molar-refractivity contribution < 1.29 is 14.3 Å². The third-order valence-electron chi connectivity index (χ3n) is 6.62. The summed E-state index contributed by atoms with van der Waals surface area (Å²) in [7, 11) is 0. The van der Waals surface area contributed by atoms with E-state index in [1.54, 1.807) is 4.90 Å². The number of fused-ring (bicyclic) bond motifs is 1. The van der Waals surface area contributed by atoms with Crippen molar-refractivity contribution in [1.29, 1.82) is 0 Å². The second kappa shape index (κ2) is 10.7. The second-order valence-corrected chi connectivity index (χ2v) is 10.7. The summed E-state index contributed by atoms with van der Waals surface area (Å²) in [6.07, 6.45) is 3.42. The zero-order chi connectivity index (χ0) is 26.7. The van der Waals surface area contributed by atoms with Gasteiger partial charge in [-0.1, -0.05) is 30.3 Å². The van der Waals surface area contributed by atoms with Gasteiger partial charge in [0.2, 0.25) is 0 Å². The van der Waals surface area contributed by atoms with Gasteiger partial charge in [0.15, 0.2) is 5.65 Å². The van der Waals surface area contributed by atoms with Crippen LogP contribution < -0.4 is 10.1 Å². The normalized spacial score (nSPS) is 16.4. The minimum absolute atomic E-state index is 0.0108. The number of carbonyl (C=O) groups is 1. The van der Waals surface area contributed by atoms with E-state index >= 15 is 0 Å². The topological polar surface area (TPSA) is 81.0 Å². The summed E-state index contributed by atoms with van der Waals surface area (Å²) in [5.74, 6) is 1.53. The van der Waals surface area contributed by atoms with E-state index in [0.29, 0.717) is 13.2 Å². The number of likely N-dealkylation sites (tertiary alicyclic amines) is 1. The van der Waals surface area contributed by atoms with E-state index in [-0.39, 0.29) is 18.2 Å². The Morgan fingerprint density at radius 1 is 1.08 bits per heavy atom. The number of amides is 1. The molecule has 0 saturated carbocycles. The molecule has 2 atom stereocenters. The average molecular weight is 514 g/mol. The number of hydrogen-bond acceptors (Lipinski definition) is 6. The lowest BCUT2D eigenvalue weighted by Crippen LogP contribution is -2.42. The van der Waals surface area contributed by atoms with Crippen LogP contribution in [-0.4, -0.2) is 50.4 Å². The van der Waals surface area contributed by atoms with Gasteiger partial charge in [0.05, 0.1) is 17.9 Å². The van der Waals surface area contributed by atoms with Crippen molar-refractivity contribution in [2.45, 2.75) is 58.2 Å². The lowest BCUT2D eigenvalue weighted by Gasteiger charge is -2.28. The Balaban J connectivity index is 1.25. The van der Waals surface area contributed by atoms with Crippen LogP contribution in [0.2, 0.25) is 0 Å². The van der Waals surface area contributed by atoms with Crippen LogP contribution in [0.25, 0.3) is 16.9 Å². The van der Waals surface area contributed by atoms with Crippen LogP contribution in [0.4, 0.5) is 10.6 Å². The number of anilines is 1. The number of carbonyl (C=O) groups excluding carboxylic acids is 1. The fraction of sp³-hybridized carbons (Fsp3) is 0.367. The molecular formula is C30H35N5O3. The van der Waals surface area contributed by atoms with Crippen molar-refractivity contribution in [3.63, 3.8) is 0 Å². The first-order valence-electron chi connectivity index (χ1n) is 13.2. The molecule has 1 amide bonds.